The summed E-state index contributed by atoms with van der Waals surface area (Å²) in [7, 11) is 0. The zero-order chi connectivity index (χ0) is 15.7. The molecule has 1 fully saturated rings. The van der Waals surface area contributed by atoms with Crippen molar-refractivity contribution in [2.75, 3.05) is 0 Å². The molecule has 1 aliphatic heterocycles. The molecule has 2 N–H and O–H groups in total. The smallest absolute Gasteiger partial charge is 0.338 e. The number of thiophene rings is 1. The van der Waals surface area contributed by atoms with E-state index in [2.05, 4.69) is 26.6 Å². The van der Waals surface area contributed by atoms with Crippen LogP contribution in [0.2, 0.25) is 0 Å². The monoisotopic (exact) mass is 384 g/mol. The number of allylic oxidation sites excluding steroid dienone is 1. The molecule has 0 aromatic carbocycles. The van der Waals surface area contributed by atoms with E-state index in [0.717, 1.165) is 34.3 Å². The van der Waals surface area contributed by atoms with Gasteiger partial charge in [0.1, 0.15) is 6.10 Å². The van der Waals surface area contributed by atoms with Gasteiger partial charge >= 0.3 is 12.0 Å². The second kappa shape index (κ2) is 6.42. The number of halogens is 1. The molecule has 1 aromatic rings. The van der Waals surface area contributed by atoms with E-state index < -0.39 is 6.04 Å². The number of urea groups is 1. The minimum Gasteiger partial charge on any atom is -0.459 e. The van der Waals surface area contributed by atoms with Gasteiger partial charge in [-0.1, -0.05) is 0 Å². The van der Waals surface area contributed by atoms with E-state index in [0.29, 0.717) is 11.3 Å². The lowest BCUT2D eigenvalue weighted by Gasteiger charge is -2.27. The lowest BCUT2D eigenvalue weighted by molar-refractivity contribution is -0.144. The zero-order valence-electron chi connectivity index (χ0n) is 12.1. The fraction of sp³-hybridized carbons (Fsp3) is 0.467. The lowest BCUT2D eigenvalue weighted by atomic mass is 10.0. The van der Waals surface area contributed by atoms with Crippen LogP contribution in [0.3, 0.4) is 0 Å². The summed E-state index contributed by atoms with van der Waals surface area (Å²) in [5.41, 5.74) is 1.04. The first-order valence-electron chi connectivity index (χ1n) is 7.29. The molecule has 1 atom stereocenters. The van der Waals surface area contributed by atoms with Gasteiger partial charge in [0.05, 0.1) is 15.4 Å². The molecule has 1 saturated carbocycles. The highest BCUT2D eigenvalue weighted by molar-refractivity contribution is 9.11. The van der Waals surface area contributed by atoms with Crippen LogP contribution in [0.4, 0.5) is 4.79 Å². The van der Waals surface area contributed by atoms with Crippen molar-refractivity contribution in [3.05, 3.63) is 32.1 Å². The molecule has 5 nitrogen and oxygen atoms in total. The van der Waals surface area contributed by atoms with E-state index in [9.17, 15) is 9.59 Å². The third-order valence-corrected chi connectivity index (χ3v) is 5.63. The molecule has 1 aromatic heterocycles. The van der Waals surface area contributed by atoms with Crippen LogP contribution in [0, 0.1) is 0 Å². The Morgan fingerprint density at radius 1 is 1.36 bits per heavy atom. The van der Waals surface area contributed by atoms with Gasteiger partial charge in [0.15, 0.2) is 0 Å². The molecule has 1 aliphatic carbocycles. The van der Waals surface area contributed by atoms with Gasteiger partial charge in [-0.25, -0.2) is 9.59 Å². The molecule has 3 rings (SSSR count). The molecular weight excluding hydrogens is 368 g/mol. The predicted molar refractivity (Wildman–Crippen MR) is 87.5 cm³/mol. The number of ether oxygens (including phenoxy) is 1. The van der Waals surface area contributed by atoms with Crippen molar-refractivity contribution in [3.8, 4) is 0 Å². The van der Waals surface area contributed by atoms with Crippen LogP contribution < -0.4 is 10.6 Å². The topological polar surface area (TPSA) is 67.4 Å². The van der Waals surface area contributed by atoms with Gasteiger partial charge in [-0.3, -0.25) is 0 Å². The van der Waals surface area contributed by atoms with Crippen LogP contribution >= 0.6 is 27.3 Å². The second-order valence-electron chi connectivity index (χ2n) is 5.52. The number of hydrogen-bond acceptors (Lipinski definition) is 4. The highest BCUT2D eigenvalue weighted by Crippen LogP contribution is 2.35. The predicted octanol–water partition coefficient (Wildman–Crippen LogP) is 3.62. The number of nitrogens with one attached hydrogen (secondary N) is 2. The van der Waals surface area contributed by atoms with E-state index in [1.54, 1.807) is 6.92 Å². The Hall–Kier alpha value is -1.34. The molecule has 118 valence electrons. The first kappa shape index (κ1) is 15.6. The Bertz CT molecular complexity index is 634. The van der Waals surface area contributed by atoms with Crippen LogP contribution in [0.5, 0.6) is 0 Å². The highest BCUT2D eigenvalue weighted by atomic mass is 79.9. The van der Waals surface area contributed by atoms with E-state index >= 15 is 0 Å². The van der Waals surface area contributed by atoms with Crippen molar-refractivity contribution in [1.29, 1.82) is 0 Å². The molecule has 0 spiro atoms. The van der Waals surface area contributed by atoms with E-state index in [1.165, 1.54) is 11.3 Å². The third-order valence-electron chi connectivity index (χ3n) is 3.94. The minimum atomic E-state index is -0.459. The average molecular weight is 385 g/mol. The van der Waals surface area contributed by atoms with Gasteiger partial charge < -0.3 is 15.4 Å². The number of hydrogen-bond donors (Lipinski definition) is 2. The summed E-state index contributed by atoms with van der Waals surface area (Å²) >= 11 is 4.91. The Morgan fingerprint density at radius 3 is 2.73 bits per heavy atom. The van der Waals surface area contributed by atoms with Gasteiger partial charge in [0.25, 0.3) is 0 Å². The first-order chi connectivity index (χ1) is 10.5. The molecular formula is C15H17BrN2O3S. The largest absolute Gasteiger partial charge is 0.459 e. The fourth-order valence-corrected chi connectivity index (χ4v) is 4.37. The van der Waals surface area contributed by atoms with Gasteiger partial charge in [-0.05, 0) is 60.7 Å². The molecule has 0 bridgehead atoms. The van der Waals surface area contributed by atoms with E-state index in [4.69, 9.17) is 4.74 Å². The van der Waals surface area contributed by atoms with Gasteiger partial charge in [0.2, 0.25) is 0 Å². The summed E-state index contributed by atoms with van der Waals surface area (Å²) in [4.78, 5) is 25.2. The number of rotatable bonds is 3. The molecule has 2 aliphatic rings. The fourth-order valence-electron chi connectivity index (χ4n) is 2.88. The van der Waals surface area contributed by atoms with E-state index in [1.807, 2.05) is 12.1 Å². The second-order valence-corrected chi connectivity index (χ2v) is 8.02. The number of carbonyl (C=O) groups excluding carboxylic acids is 2. The molecule has 2 amide bonds. The summed E-state index contributed by atoms with van der Waals surface area (Å²) < 4.78 is 6.57. The third kappa shape index (κ3) is 3.20. The maximum atomic E-state index is 12.6. The van der Waals surface area contributed by atoms with Gasteiger partial charge in [-0.15, -0.1) is 11.3 Å². The highest BCUT2D eigenvalue weighted by Gasteiger charge is 2.34. The lowest BCUT2D eigenvalue weighted by Crippen LogP contribution is -2.45. The average Bonchev–Trinajstić information content (AvgIpc) is 3.09. The molecule has 2 heterocycles. The van der Waals surface area contributed by atoms with Gasteiger partial charge in [-0.2, -0.15) is 0 Å². The van der Waals surface area contributed by atoms with Crippen molar-refractivity contribution in [3.63, 3.8) is 0 Å². The van der Waals surface area contributed by atoms with Crippen molar-refractivity contribution >= 4 is 39.3 Å². The van der Waals surface area contributed by atoms with Crippen LogP contribution in [-0.2, 0) is 9.53 Å². The van der Waals surface area contributed by atoms with Crippen LogP contribution in [0.1, 0.15) is 43.5 Å². The zero-order valence-corrected chi connectivity index (χ0v) is 14.6. The quantitative estimate of drug-likeness (QED) is 0.781. The Kier molecular flexibility index (Phi) is 4.54. The number of esters is 1. The molecule has 22 heavy (non-hydrogen) atoms. The summed E-state index contributed by atoms with van der Waals surface area (Å²) in [6.07, 6.45) is 4.06. The van der Waals surface area contributed by atoms with E-state index in [-0.39, 0.29) is 18.1 Å². The van der Waals surface area contributed by atoms with Crippen LogP contribution in [0.15, 0.2) is 27.2 Å². The maximum Gasteiger partial charge on any atom is 0.338 e. The van der Waals surface area contributed by atoms with Crippen LogP contribution in [-0.4, -0.2) is 18.1 Å². The van der Waals surface area contributed by atoms with Crippen molar-refractivity contribution in [2.24, 2.45) is 0 Å². The number of carbonyl (C=O) groups is 2. The standard InChI is InChI=1S/C15H17BrN2O3S/c1-8-12(14(19)21-9-4-2-3-5-9)13(18-15(20)17-8)10-6-7-11(16)22-10/h6-7,9,13H,2-5H2,1H3,(H2,17,18,20)/t13-/m1/s1. The van der Waals surface area contributed by atoms with Crippen molar-refractivity contribution in [2.45, 2.75) is 44.8 Å². The Balaban J connectivity index is 1.87. The summed E-state index contributed by atoms with van der Waals surface area (Å²) in [5, 5.41) is 5.48. The summed E-state index contributed by atoms with van der Waals surface area (Å²) in [6.45, 7) is 1.74. The van der Waals surface area contributed by atoms with Crippen molar-refractivity contribution in [1.82, 2.24) is 10.6 Å². The van der Waals surface area contributed by atoms with Gasteiger partial charge in [0, 0.05) is 10.6 Å². The summed E-state index contributed by atoms with van der Waals surface area (Å²) in [6, 6.07) is 3.05. The Labute approximate surface area is 141 Å². The normalized spacial score (nSPS) is 22.5. The summed E-state index contributed by atoms with van der Waals surface area (Å²) in [5.74, 6) is -0.341. The molecule has 7 heteroatoms. The molecule has 0 radical (unpaired) electrons. The van der Waals surface area contributed by atoms with Crippen molar-refractivity contribution < 1.29 is 14.3 Å². The Morgan fingerprint density at radius 2 is 2.09 bits per heavy atom. The maximum absolute atomic E-state index is 12.6. The van der Waals surface area contributed by atoms with Crippen LogP contribution in [0.25, 0.3) is 0 Å². The SMILES string of the molecule is CC1=C(C(=O)OC2CCCC2)[C@@H](c2ccc(Br)s2)NC(=O)N1. The molecule has 0 unspecified atom stereocenters. The minimum absolute atomic E-state index is 0.00106. The number of amides is 2. The first-order valence-corrected chi connectivity index (χ1v) is 8.90. The molecule has 0 saturated heterocycles.